The zero-order valence-corrected chi connectivity index (χ0v) is 16.8. The number of carbonyl (C=O) groups is 1. The number of piperidine rings is 1. The van der Waals surface area contributed by atoms with E-state index < -0.39 is 12.1 Å². The van der Waals surface area contributed by atoms with Crippen LogP contribution < -0.4 is 10.6 Å². The van der Waals surface area contributed by atoms with E-state index in [9.17, 15) is 9.18 Å². The monoisotopic (exact) mass is 394 g/mol. The zero-order valence-electron chi connectivity index (χ0n) is 16.8. The Morgan fingerprint density at radius 2 is 1.86 bits per heavy atom. The van der Waals surface area contributed by atoms with E-state index in [1.807, 2.05) is 24.7 Å². The predicted octanol–water partition coefficient (Wildman–Crippen LogP) is 2.58. The number of imidazole rings is 1. The van der Waals surface area contributed by atoms with Crippen LogP contribution in [0.4, 0.5) is 10.1 Å². The Labute approximate surface area is 172 Å². The molecule has 2 aromatic rings. The third-order valence-corrected chi connectivity index (χ3v) is 6.47. The standard InChI is InChI=1S/C22H28BFN4O/c23-20-19(24)4-2-1-3-18-13-26-14-28(18)21(20)15-9-11-27(12-10-15)17-7-5-16(6-8-17)22(25)29/h5-8,13-15,19,21,23H,1-4,9-12H2,(H2,25,29). The fraction of sp³-hybridized carbons (Fsp3) is 0.500. The molecule has 1 aromatic heterocycles. The summed E-state index contributed by atoms with van der Waals surface area (Å²) in [6.45, 7) is 1.79. The van der Waals surface area contributed by atoms with Gasteiger partial charge in [0.05, 0.1) is 0 Å². The first kappa shape index (κ1) is 19.9. The molecule has 7 heteroatoms. The Morgan fingerprint density at radius 1 is 1.14 bits per heavy atom. The van der Waals surface area contributed by atoms with Gasteiger partial charge in [0.2, 0.25) is 0 Å². The topological polar surface area (TPSA) is 64.2 Å². The molecule has 152 valence electrons. The van der Waals surface area contributed by atoms with E-state index >= 15 is 0 Å². The molecular formula is C22H28BFN4O. The number of carbonyl (C=O) groups excluding carboxylic acids is 1. The molecule has 0 radical (unpaired) electrons. The van der Waals surface area contributed by atoms with Gasteiger partial charge >= 0.3 is 172 Å². The van der Waals surface area contributed by atoms with Crippen molar-refractivity contribution in [2.24, 2.45) is 11.7 Å². The van der Waals surface area contributed by atoms with Crippen molar-refractivity contribution in [1.29, 1.82) is 0 Å². The minimum absolute atomic E-state index is 0.0278. The number of primary amides is 1. The average Bonchev–Trinajstić information content (AvgIpc) is 3.20. The van der Waals surface area contributed by atoms with E-state index in [-0.39, 0.29) is 6.04 Å². The van der Waals surface area contributed by atoms with Crippen molar-refractivity contribution in [3.63, 3.8) is 0 Å². The number of alkyl halides is 1. The number of hydrogen-bond donors (Lipinski definition) is 1. The van der Waals surface area contributed by atoms with E-state index in [4.69, 9.17) is 5.73 Å². The minimum atomic E-state index is -0.951. The van der Waals surface area contributed by atoms with Crippen LogP contribution in [0.15, 0.2) is 36.8 Å². The van der Waals surface area contributed by atoms with Gasteiger partial charge in [-0.15, -0.1) is 0 Å². The molecule has 4 rings (SSSR count). The number of hydrogen-bond acceptors (Lipinski definition) is 3. The molecule has 0 bridgehead atoms. The zero-order chi connectivity index (χ0) is 20.4. The molecule has 2 aliphatic heterocycles. The molecule has 5 nitrogen and oxygen atoms in total. The Hall–Kier alpha value is -2.44. The molecule has 2 atom stereocenters. The predicted molar refractivity (Wildman–Crippen MR) is 116 cm³/mol. The van der Waals surface area contributed by atoms with Crippen molar-refractivity contribution in [2.45, 2.75) is 50.7 Å². The molecule has 2 unspecified atom stereocenters. The molecule has 1 saturated heterocycles. The summed E-state index contributed by atoms with van der Waals surface area (Å²) < 4.78 is 17.0. The number of rotatable bonds is 3. The van der Waals surface area contributed by atoms with Gasteiger partial charge < -0.3 is 0 Å². The van der Waals surface area contributed by atoms with Crippen LogP contribution >= 0.6 is 0 Å². The molecule has 1 amide bonds. The van der Waals surface area contributed by atoms with Crippen LogP contribution in [0, 0.1) is 5.92 Å². The molecule has 2 N–H and O–H groups in total. The molecule has 29 heavy (non-hydrogen) atoms. The maximum absolute atomic E-state index is 14.9. The molecular weight excluding hydrogens is 366 g/mol. The number of amides is 1. The number of halogens is 1. The first-order chi connectivity index (χ1) is 14.0. The summed E-state index contributed by atoms with van der Waals surface area (Å²) in [6, 6.07) is 7.42. The van der Waals surface area contributed by atoms with Crippen LogP contribution in [0.5, 0.6) is 0 Å². The Kier molecular flexibility index (Phi) is 5.83. The fourth-order valence-electron chi connectivity index (χ4n) is 4.79. The van der Waals surface area contributed by atoms with E-state index in [0.29, 0.717) is 23.4 Å². The molecule has 2 aliphatic rings. The Balaban J connectivity index is 1.50. The van der Waals surface area contributed by atoms with Crippen molar-refractivity contribution in [1.82, 2.24) is 9.55 Å². The van der Waals surface area contributed by atoms with E-state index in [2.05, 4.69) is 21.9 Å². The van der Waals surface area contributed by atoms with Gasteiger partial charge in [0, 0.05) is 0 Å². The number of anilines is 1. The number of nitrogens with two attached hydrogens (primary N) is 1. The second kappa shape index (κ2) is 8.51. The van der Waals surface area contributed by atoms with Gasteiger partial charge in [-0.25, -0.2) is 0 Å². The number of aromatic nitrogens is 2. The summed E-state index contributed by atoms with van der Waals surface area (Å²) in [4.78, 5) is 18.0. The second-order valence-electron chi connectivity index (χ2n) is 8.26. The first-order valence-electron chi connectivity index (χ1n) is 10.5. The van der Waals surface area contributed by atoms with E-state index in [1.165, 1.54) is 5.69 Å². The van der Waals surface area contributed by atoms with Gasteiger partial charge in [0.1, 0.15) is 0 Å². The normalized spacial score (nSPS) is 23.7. The van der Waals surface area contributed by atoms with Gasteiger partial charge in [-0.1, -0.05) is 0 Å². The molecule has 1 fully saturated rings. The number of benzene rings is 1. The van der Waals surface area contributed by atoms with E-state index in [0.717, 1.165) is 50.9 Å². The van der Waals surface area contributed by atoms with Crippen LogP contribution in [0.25, 0.3) is 0 Å². The van der Waals surface area contributed by atoms with Crippen LogP contribution in [0.2, 0.25) is 0 Å². The summed E-state index contributed by atoms with van der Waals surface area (Å²) >= 11 is 0. The quantitative estimate of drug-likeness (QED) is 0.814. The molecule has 0 saturated carbocycles. The summed E-state index contributed by atoms with van der Waals surface area (Å²) in [5.74, 6) is -0.0705. The van der Waals surface area contributed by atoms with Crippen molar-refractivity contribution in [3.8, 4) is 0 Å². The first-order valence-corrected chi connectivity index (χ1v) is 10.5. The number of aryl methyl sites for hydroxylation is 1. The van der Waals surface area contributed by atoms with Crippen LogP contribution in [0.1, 0.15) is 54.2 Å². The Bertz CT molecular complexity index is 873. The van der Waals surface area contributed by atoms with E-state index in [1.54, 1.807) is 12.1 Å². The second-order valence-corrected chi connectivity index (χ2v) is 8.26. The summed E-state index contributed by atoms with van der Waals surface area (Å²) in [5.41, 5.74) is 8.84. The number of fused-ring (bicyclic) bond motifs is 1. The summed E-state index contributed by atoms with van der Waals surface area (Å²) in [6.07, 6.45) is 8.15. The van der Waals surface area contributed by atoms with Crippen LogP contribution in [0.3, 0.4) is 0 Å². The van der Waals surface area contributed by atoms with Gasteiger partial charge in [-0.3, -0.25) is 0 Å². The third-order valence-electron chi connectivity index (χ3n) is 6.47. The third kappa shape index (κ3) is 4.14. The number of nitrogens with zero attached hydrogens (tertiary/aromatic N) is 3. The summed E-state index contributed by atoms with van der Waals surface area (Å²) in [7, 11) is 4.20. The van der Waals surface area contributed by atoms with Crippen molar-refractivity contribution >= 4 is 24.5 Å². The maximum atomic E-state index is 14.9. The van der Waals surface area contributed by atoms with Gasteiger partial charge in [-0.2, -0.15) is 0 Å². The van der Waals surface area contributed by atoms with Crippen molar-refractivity contribution in [2.75, 3.05) is 18.0 Å². The Morgan fingerprint density at radius 3 is 2.55 bits per heavy atom. The molecule has 0 spiro atoms. The van der Waals surface area contributed by atoms with Crippen LogP contribution in [-0.2, 0) is 6.42 Å². The fourth-order valence-corrected chi connectivity index (χ4v) is 4.79. The van der Waals surface area contributed by atoms with Crippen molar-refractivity contribution < 1.29 is 9.18 Å². The molecule has 3 heterocycles. The molecule has 1 aromatic carbocycles. The summed E-state index contributed by atoms with van der Waals surface area (Å²) in [5, 5.41) is 0. The SMILES string of the molecule is B=C1C(F)CCCCc2cncn2C1C1CCN(c2ccc(C(N)=O)cc2)CC1. The average molecular weight is 394 g/mol. The van der Waals surface area contributed by atoms with Gasteiger partial charge in [0.25, 0.3) is 0 Å². The van der Waals surface area contributed by atoms with Gasteiger partial charge in [0.15, 0.2) is 0 Å². The van der Waals surface area contributed by atoms with Crippen LogP contribution in [-0.4, -0.2) is 47.7 Å². The van der Waals surface area contributed by atoms with Crippen molar-refractivity contribution in [3.05, 3.63) is 48.0 Å². The van der Waals surface area contributed by atoms with Gasteiger partial charge in [-0.05, 0) is 0 Å². The molecule has 0 aliphatic carbocycles.